The minimum atomic E-state index is 0.0719. The van der Waals surface area contributed by atoms with Crippen LogP contribution in [-0.2, 0) is 0 Å². The van der Waals surface area contributed by atoms with Crippen LogP contribution in [0.15, 0.2) is 18.2 Å². The van der Waals surface area contributed by atoms with Crippen molar-refractivity contribution in [1.29, 1.82) is 0 Å². The van der Waals surface area contributed by atoms with E-state index in [1.165, 1.54) is 0 Å². The molecule has 1 heterocycles. The third-order valence-corrected chi connectivity index (χ3v) is 2.53. The molecule has 0 fully saturated rings. The van der Waals surface area contributed by atoms with Gasteiger partial charge in [0.1, 0.15) is 0 Å². The van der Waals surface area contributed by atoms with Gasteiger partial charge in [0.25, 0.3) is 0 Å². The largest absolute Gasteiger partial charge is 0.493 e. The molecule has 0 saturated carbocycles. The van der Waals surface area contributed by atoms with Crippen LogP contribution in [-0.4, -0.2) is 13.7 Å². The van der Waals surface area contributed by atoms with E-state index in [0.29, 0.717) is 0 Å². The normalized spacial score (nSPS) is 20.6. The van der Waals surface area contributed by atoms with E-state index in [9.17, 15) is 0 Å². The molecule has 2 N–H and O–H groups in total. The Kier molecular flexibility index (Phi) is 2.59. The van der Waals surface area contributed by atoms with E-state index in [2.05, 4.69) is 0 Å². The number of fused-ring (bicyclic) bond motifs is 1. The summed E-state index contributed by atoms with van der Waals surface area (Å²) in [4.78, 5) is 0. The van der Waals surface area contributed by atoms with Crippen LogP contribution in [0.1, 0.15) is 24.4 Å². The van der Waals surface area contributed by atoms with E-state index in [0.717, 1.165) is 36.5 Å². The van der Waals surface area contributed by atoms with Crippen LogP contribution in [0.5, 0.6) is 11.5 Å². The van der Waals surface area contributed by atoms with Crippen molar-refractivity contribution in [3.05, 3.63) is 23.8 Å². The summed E-state index contributed by atoms with van der Waals surface area (Å²) in [6, 6.07) is 5.93. The first-order valence-corrected chi connectivity index (χ1v) is 4.88. The van der Waals surface area contributed by atoms with Crippen LogP contribution in [0.4, 0.5) is 0 Å². The van der Waals surface area contributed by atoms with E-state index in [1.807, 2.05) is 18.2 Å². The van der Waals surface area contributed by atoms with Crippen LogP contribution in [0.2, 0.25) is 0 Å². The van der Waals surface area contributed by atoms with Gasteiger partial charge >= 0.3 is 0 Å². The standard InChI is InChI=1S/C11H15NO2/c1-13-10-6-2-4-8-9(12)5-3-7-14-11(8)10/h2,4,6,9H,3,5,7,12H2,1H3/t9-/m0/s1. The lowest BCUT2D eigenvalue weighted by Crippen LogP contribution is -2.09. The fourth-order valence-corrected chi connectivity index (χ4v) is 1.77. The zero-order chi connectivity index (χ0) is 9.97. The second-order valence-electron chi connectivity index (χ2n) is 3.48. The van der Waals surface area contributed by atoms with Crippen LogP contribution < -0.4 is 15.2 Å². The monoisotopic (exact) mass is 193 g/mol. The summed E-state index contributed by atoms with van der Waals surface area (Å²) in [5.74, 6) is 1.60. The lowest BCUT2D eigenvalue weighted by Gasteiger charge is -2.14. The van der Waals surface area contributed by atoms with Gasteiger partial charge in [-0.25, -0.2) is 0 Å². The Morgan fingerprint density at radius 1 is 1.50 bits per heavy atom. The van der Waals surface area contributed by atoms with Crippen molar-refractivity contribution in [3.8, 4) is 11.5 Å². The molecule has 1 aromatic rings. The van der Waals surface area contributed by atoms with Gasteiger partial charge in [0, 0.05) is 11.6 Å². The molecule has 2 rings (SSSR count). The predicted octanol–water partition coefficient (Wildman–Crippen LogP) is 1.87. The minimum absolute atomic E-state index is 0.0719. The molecule has 1 aliphatic rings. The number of para-hydroxylation sites is 1. The van der Waals surface area contributed by atoms with Gasteiger partial charge in [-0.05, 0) is 18.9 Å². The lowest BCUT2D eigenvalue weighted by molar-refractivity contribution is 0.294. The Labute approximate surface area is 83.8 Å². The summed E-state index contributed by atoms with van der Waals surface area (Å²) in [5.41, 5.74) is 7.09. The molecule has 0 amide bonds. The number of rotatable bonds is 1. The zero-order valence-electron chi connectivity index (χ0n) is 8.32. The highest BCUT2D eigenvalue weighted by Gasteiger charge is 2.19. The Balaban J connectivity index is 2.46. The van der Waals surface area contributed by atoms with Gasteiger partial charge in [-0.2, -0.15) is 0 Å². The quantitative estimate of drug-likeness (QED) is 0.740. The first-order valence-electron chi connectivity index (χ1n) is 4.88. The molecule has 0 aromatic heterocycles. The molecule has 0 saturated heterocycles. The molecule has 0 bridgehead atoms. The average molecular weight is 193 g/mol. The molecule has 0 radical (unpaired) electrons. The van der Waals surface area contributed by atoms with Gasteiger partial charge < -0.3 is 15.2 Å². The topological polar surface area (TPSA) is 44.5 Å². The van der Waals surface area contributed by atoms with Crippen molar-refractivity contribution >= 4 is 0 Å². The molecular formula is C11H15NO2. The van der Waals surface area contributed by atoms with E-state index >= 15 is 0 Å². The minimum Gasteiger partial charge on any atom is -0.493 e. The molecule has 3 nitrogen and oxygen atoms in total. The summed E-state index contributed by atoms with van der Waals surface area (Å²) in [7, 11) is 1.65. The highest BCUT2D eigenvalue weighted by molar-refractivity contribution is 5.48. The first-order chi connectivity index (χ1) is 6.83. The van der Waals surface area contributed by atoms with Crippen LogP contribution in [0.3, 0.4) is 0 Å². The second kappa shape index (κ2) is 3.88. The number of ether oxygens (including phenoxy) is 2. The van der Waals surface area contributed by atoms with Gasteiger partial charge in [-0.3, -0.25) is 0 Å². The van der Waals surface area contributed by atoms with Gasteiger partial charge in [0.2, 0.25) is 0 Å². The Bertz CT molecular complexity index is 325. The molecule has 0 unspecified atom stereocenters. The van der Waals surface area contributed by atoms with Crippen LogP contribution in [0.25, 0.3) is 0 Å². The third-order valence-electron chi connectivity index (χ3n) is 2.53. The molecule has 0 aliphatic carbocycles. The molecule has 76 valence electrons. The third kappa shape index (κ3) is 1.55. The first kappa shape index (κ1) is 9.34. The highest BCUT2D eigenvalue weighted by atomic mass is 16.5. The number of benzene rings is 1. The number of methoxy groups -OCH3 is 1. The molecule has 1 atom stereocenters. The number of hydrogen-bond acceptors (Lipinski definition) is 3. The maximum Gasteiger partial charge on any atom is 0.165 e. The van der Waals surface area contributed by atoms with Crippen molar-refractivity contribution < 1.29 is 9.47 Å². The SMILES string of the molecule is COc1cccc2c1OCCC[C@@H]2N. The molecule has 1 aromatic carbocycles. The smallest absolute Gasteiger partial charge is 0.165 e. The van der Waals surface area contributed by atoms with Crippen molar-refractivity contribution in [3.63, 3.8) is 0 Å². The maximum atomic E-state index is 6.03. The lowest BCUT2D eigenvalue weighted by atomic mass is 10.0. The van der Waals surface area contributed by atoms with Crippen molar-refractivity contribution in [2.75, 3.05) is 13.7 Å². The Morgan fingerprint density at radius 2 is 2.36 bits per heavy atom. The molecule has 0 spiro atoms. The summed E-state index contributed by atoms with van der Waals surface area (Å²) in [6.45, 7) is 0.723. The summed E-state index contributed by atoms with van der Waals surface area (Å²) < 4.78 is 10.9. The summed E-state index contributed by atoms with van der Waals surface area (Å²) in [6.07, 6.45) is 1.97. The van der Waals surface area contributed by atoms with Gasteiger partial charge in [-0.1, -0.05) is 12.1 Å². The van der Waals surface area contributed by atoms with Gasteiger partial charge in [0.15, 0.2) is 11.5 Å². The van der Waals surface area contributed by atoms with Gasteiger partial charge in [0.05, 0.1) is 13.7 Å². The summed E-state index contributed by atoms with van der Waals surface area (Å²) in [5, 5.41) is 0. The van der Waals surface area contributed by atoms with E-state index < -0.39 is 0 Å². The maximum absolute atomic E-state index is 6.03. The van der Waals surface area contributed by atoms with Gasteiger partial charge in [-0.15, -0.1) is 0 Å². The van der Waals surface area contributed by atoms with E-state index in [4.69, 9.17) is 15.2 Å². The second-order valence-corrected chi connectivity index (χ2v) is 3.48. The fourth-order valence-electron chi connectivity index (χ4n) is 1.77. The van der Waals surface area contributed by atoms with Crippen molar-refractivity contribution in [2.45, 2.75) is 18.9 Å². The molecule has 14 heavy (non-hydrogen) atoms. The molecule has 1 aliphatic heterocycles. The number of nitrogens with two attached hydrogens (primary N) is 1. The Hall–Kier alpha value is -1.22. The molecule has 3 heteroatoms. The average Bonchev–Trinajstić information content (AvgIpc) is 2.41. The highest BCUT2D eigenvalue weighted by Crippen LogP contribution is 2.37. The van der Waals surface area contributed by atoms with Crippen molar-refractivity contribution in [1.82, 2.24) is 0 Å². The van der Waals surface area contributed by atoms with E-state index in [-0.39, 0.29) is 6.04 Å². The van der Waals surface area contributed by atoms with Crippen LogP contribution in [0, 0.1) is 0 Å². The predicted molar refractivity (Wildman–Crippen MR) is 54.7 cm³/mol. The van der Waals surface area contributed by atoms with Crippen molar-refractivity contribution in [2.24, 2.45) is 5.73 Å². The van der Waals surface area contributed by atoms with Crippen LogP contribution >= 0.6 is 0 Å². The fraction of sp³-hybridized carbons (Fsp3) is 0.455. The number of hydrogen-bond donors (Lipinski definition) is 1. The Morgan fingerprint density at radius 3 is 3.14 bits per heavy atom. The van der Waals surface area contributed by atoms with E-state index in [1.54, 1.807) is 7.11 Å². The summed E-state index contributed by atoms with van der Waals surface area (Å²) >= 11 is 0. The molecular weight excluding hydrogens is 178 g/mol. The zero-order valence-corrected chi connectivity index (χ0v) is 8.32.